The predicted molar refractivity (Wildman–Crippen MR) is 116 cm³/mol. The highest BCUT2D eigenvalue weighted by Crippen LogP contribution is 2.33. The number of piperidine rings is 1. The van der Waals surface area contributed by atoms with Gasteiger partial charge in [-0.25, -0.2) is 28.1 Å². The van der Waals surface area contributed by atoms with Gasteiger partial charge in [0.15, 0.2) is 11.5 Å². The number of anilines is 1. The average Bonchev–Trinajstić information content (AvgIpc) is 3.51. The van der Waals surface area contributed by atoms with Gasteiger partial charge in [0.2, 0.25) is 11.9 Å². The summed E-state index contributed by atoms with van der Waals surface area (Å²) >= 11 is 0. The van der Waals surface area contributed by atoms with E-state index in [1.807, 2.05) is 4.90 Å². The van der Waals surface area contributed by atoms with Gasteiger partial charge in [0.25, 0.3) is 0 Å². The number of amides is 1. The minimum absolute atomic E-state index is 0.0988. The summed E-state index contributed by atoms with van der Waals surface area (Å²) in [5, 5.41) is 5.53. The smallest absolute Gasteiger partial charge is 0.246 e. The van der Waals surface area contributed by atoms with E-state index >= 15 is 0 Å². The second-order valence-corrected chi connectivity index (χ2v) is 8.61. The summed E-state index contributed by atoms with van der Waals surface area (Å²) in [4.78, 5) is 23.5. The first-order valence-electron chi connectivity index (χ1n) is 11.1. The summed E-state index contributed by atoms with van der Waals surface area (Å²) in [6.45, 7) is 1.04. The van der Waals surface area contributed by atoms with Crippen molar-refractivity contribution in [2.24, 2.45) is 16.9 Å². The standard InChI is InChI=1S/C24H22F3N5O/c25-18-11-17(12-19(26)13-18)22-5-8-29-32(22)23(33)16-6-9-31(10-7-16)24-28-14-20(27)21(30-24)4-3-15-1-2-15/h8,11-16,22H,1-2,5-7,9-10H2/t22-/m1/s1. The van der Waals surface area contributed by atoms with Crippen LogP contribution in [-0.2, 0) is 4.79 Å². The van der Waals surface area contributed by atoms with E-state index in [-0.39, 0.29) is 17.5 Å². The van der Waals surface area contributed by atoms with Gasteiger partial charge >= 0.3 is 0 Å². The summed E-state index contributed by atoms with van der Waals surface area (Å²) < 4.78 is 41.4. The molecule has 1 aromatic carbocycles. The first-order chi connectivity index (χ1) is 16.0. The van der Waals surface area contributed by atoms with Crippen LogP contribution in [0, 0.1) is 41.1 Å². The number of rotatable bonds is 3. The molecule has 0 bridgehead atoms. The lowest BCUT2D eigenvalue weighted by Gasteiger charge is -2.33. The maximum absolute atomic E-state index is 14.0. The summed E-state index contributed by atoms with van der Waals surface area (Å²) in [6, 6.07) is 2.76. The highest BCUT2D eigenvalue weighted by molar-refractivity contribution is 5.82. The molecule has 1 aliphatic carbocycles. The molecule has 2 aliphatic heterocycles. The number of hydrazone groups is 1. The Labute approximate surface area is 189 Å². The molecule has 0 spiro atoms. The Balaban J connectivity index is 1.24. The second-order valence-electron chi connectivity index (χ2n) is 8.61. The number of aromatic nitrogens is 2. The van der Waals surface area contributed by atoms with E-state index in [2.05, 4.69) is 26.9 Å². The van der Waals surface area contributed by atoms with Crippen LogP contribution in [0.5, 0.6) is 0 Å². The second kappa shape index (κ2) is 8.85. The number of benzene rings is 1. The molecule has 6 nitrogen and oxygen atoms in total. The fourth-order valence-corrected chi connectivity index (χ4v) is 4.18. The third kappa shape index (κ3) is 4.70. The van der Waals surface area contributed by atoms with Crippen LogP contribution >= 0.6 is 0 Å². The number of hydrogen-bond acceptors (Lipinski definition) is 5. The molecule has 1 atom stereocenters. The van der Waals surface area contributed by atoms with E-state index in [9.17, 15) is 18.0 Å². The molecule has 1 amide bonds. The Kier molecular flexibility index (Phi) is 5.75. The molecule has 2 fully saturated rings. The minimum atomic E-state index is -0.682. The van der Waals surface area contributed by atoms with Crippen LogP contribution in [0.3, 0.4) is 0 Å². The van der Waals surface area contributed by atoms with Gasteiger partial charge in [-0.3, -0.25) is 4.79 Å². The van der Waals surface area contributed by atoms with Gasteiger partial charge < -0.3 is 4.90 Å². The Hall–Kier alpha value is -3.41. The molecule has 5 rings (SSSR count). The molecule has 1 aromatic heterocycles. The van der Waals surface area contributed by atoms with Crippen LogP contribution in [0.1, 0.15) is 49.4 Å². The Bertz CT molecular complexity index is 1140. The third-order valence-electron chi connectivity index (χ3n) is 6.16. The van der Waals surface area contributed by atoms with Crippen LogP contribution in [0.2, 0.25) is 0 Å². The van der Waals surface area contributed by atoms with Crippen LogP contribution in [0.4, 0.5) is 19.1 Å². The summed E-state index contributed by atoms with van der Waals surface area (Å²) in [7, 11) is 0. The van der Waals surface area contributed by atoms with E-state index in [0.717, 1.165) is 25.1 Å². The van der Waals surface area contributed by atoms with Crippen molar-refractivity contribution in [2.45, 2.75) is 38.1 Å². The number of nitrogens with zero attached hydrogens (tertiary/aromatic N) is 5. The number of hydrogen-bond donors (Lipinski definition) is 0. The molecule has 0 N–H and O–H groups in total. The third-order valence-corrected chi connectivity index (χ3v) is 6.16. The molecule has 1 saturated heterocycles. The first kappa shape index (κ1) is 21.4. The fraction of sp³-hybridized carbons (Fsp3) is 0.417. The molecule has 0 radical (unpaired) electrons. The van der Waals surface area contributed by atoms with Crippen molar-refractivity contribution in [1.82, 2.24) is 15.0 Å². The fourth-order valence-electron chi connectivity index (χ4n) is 4.18. The van der Waals surface area contributed by atoms with Crippen LogP contribution in [0.15, 0.2) is 29.5 Å². The zero-order valence-electron chi connectivity index (χ0n) is 17.8. The van der Waals surface area contributed by atoms with Crippen LogP contribution in [-0.4, -0.2) is 40.2 Å². The Morgan fingerprint density at radius 2 is 1.76 bits per heavy atom. The molecule has 2 aromatic rings. The quantitative estimate of drug-likeness (QED) is 0.663. The lowest BCUT2D eigenvalue weighted by Crippen LogP contribution is -2.41. The van der Waals surface area contributed by atoms with Crippen LogP contribution < -0.4 is 4.90 Å². The molecule has 170 valence electrons. The largest absolute Gasteiger partial charge is 0.341 e. The zero-order chi connectivity index (χ0) is 22.9. The van der Waals surface area contributed by atoms with Crippen molar-refractivity contribution in [3.63, 3.8) is 0 Å². The van der Waals surface area contributed by atoms with Crippen molar-refractivity contribution in [1.29, 1.82) is 0 Å². The van der Waals surface area contributed by atoms with E-state index < -0.39 is 23.5 Å². The monoisotopic (exact) mass is 453 g/mol. The van der Waals surface area contributed by atoms with Gasteiger partial charge in [0.05, 0.1) is 12.2 Å². The molecule has 9 heteroatoms. The first-order valence-corrected chi connectivity index (χ1v) is 11.1. The summed E-state index contributed by atoms with van der Waals surface area (Å²) in [6.07, 6.45) is 6.31. The lowest BCUT2D eigenvalue weighted by molar-refractivity contribution is -0.138. The molecule has 3 heterocycles. The average molecular weight is 453 g/mol. The van der Waals surface area contributed by atoms with Gasteiger partial charge in [0, 0.05) is 43.6 Å². The van der Waals surface area contributed by atoms with Crippen molar-refractivity contribution < 1.29 is 18.0 Å². The van der Waals surface area contributed by atoms with Crippen molar-refractivity contribution >= 4 is 18.1 Å². The summed E-state index contributed by atoms with van der Waals surface area (Å²) in [5.74, 6) is 4.20. The van der Waals surface area contributed by atoms with E-state index in [1.54, 1.807) is 6.21 Å². The Morgan fingerprint density at radius 1 is 1.03 bits per heavy atom. The SMILES string of the molecule is O=C(C1CCN(c2ncc(F)c(C#CC3CC3)n2)CC1)N1N=CC[C@@H]1c1cc(F)cc(F)c1. The van der Waals surface area contributed by atoms with Crippen molar-refractivity contribution in [2.75, 3.05) is 18.0 Å². The van der Waals surface area contributed by atoms with Gasteiger partial charge in [0.1, 0.15) is 11.6 Å². The normalized spacial score (nSPS) is 20.6. The van der Waals surface area contributed by atoms with Gasteiger partial charge in [-0.2, -0.15) is 5.10 Å². The summed E-state index contributed by atoms with van der Waals surface area (Å²) in [5.41, 5.74) is 0.483. The minimum Gasteiger partial charge on any atom is -0.341 e. The van der Waals surface area contributed by atoms with E-state index in [4.69, 9.17) is 0 Å². The zero-order valence-corrected chi connectivity index (χ0v) is 17.8. The molecular weight excluding hydrogens is 431 g/mol. The number of carbonyl (C=O) groups is 1. The van der Waals surface area contributed by atoms with Gasteiger partial charge in [-0.1, -0.05) is 5.92 Å². The maximum Gasteiger partial charge on any atom is 0.246 e. The highest BCUT2D eigenvalue weighted by Gasteiger charge is 2.35. The maximum atomic E-state index is 14.0. The number of halogens is 3. The topological polar surface area (TPSA) is 61.7 Å². The molecule has 3 aliphatic rings. The van der Waals surface area contributed by atoms with Crippen molar-refractivity contribution in [3.8, 4) is 11.8 Å². The van der Waals surface area contributed by atoms with E-state index in [1.165, 1.54) is 17.1 Å². The van der Waals surface area contributed by atoms with Gasteiger partial charge in [-0.15, -0.1) is 0 Å². The molecule has 1 saturated carbocycles. The van der Waals surface area contributed by atoms with Crippen LogP contribution in [0.25, 0.3) is 0 Å². The molecule has 0 unspecified atom stereocenters. The molecule has 33 heavy (non-hydrogen) atoms. The molecular formula is C24H22F3N5O. The number of carbonyl (C=O) groups excluding carboxylic acids is 1. The predicted octanol–water partition coefficient (Wildman–Crippen LogP) is 3.83. The lowest BCUT2D eigenvalue weighted by atomic mass is 9.94. The highest BCUT2D eigenvalue weighted by atomic mass is 19.1. The Morgan fingerprint density at radius 3 is 2.45 bits per heavy atom. The van der Waals surface area contributed by atoms with Gasteiger partial charge in [-0.05, 0) is 49.3 Å². The van der Waals surface area contributed by atoms with Crippen molar-refractivity contribution in [3.05, 3.63) is 53.1 Å². The van der Waals surface area contributed by atoms with E-state index in [0.29, 0.717) is 49.8 Å².